The molecule has 0 bridgehead atoms. The summed E-state index contributed by atoms with van der Waals surface area (Å²) in [5, 5.41) is 25.2. The third-order valence-electron chi connectivity index (χ3n) is 4.77. The van der Waals surface area contributed by atoms with E-state index >= 15 is 0 Å². The first-order chi connectivity index (χ1) is 15.2. The lowest BCUT2D eigenvalue weighted by molar-refractivity contribution is -0.140. The smallest absolute Gasteiger partial charge is 0.331 e. The van der Waals surface area contributed by atoms with Gasteiger partial charge in [-0.1, -0.05) is 23.8 Å². The van der Waals surface area contributed by atoms with Crippen molar-refractivity contribution in [1.29, 1.82) is 0 Å². The van der Waals surface area contributed by atoms with E-state index in [9.17, 15) is 24.6 Å². The molecule has 0 saturated carbocycles. The summed E-state index contributed by atoms with van der Waals surface area (Å²) in [6, 6.07) is 13.8. The zero-order valence-electron chi connectivity index (χ0n) is 18.1. The Morgan fingerprint density at radius 2 is 1.44 bits per heavy atom. The average Bonchev–Trinajstić information content (AvgIpc) is 2.81. The number of carbonyl (C=O) groups is 3. The van der Waals surface area contributed by atoms with Crippen molar-refractivity contribution < 1.29 is 29.4 Å². The largest absolute Gasteiger partial charge is 0.394 e. The fourth-order valence-electron chi connectivity index (χ4n) is 2.62. The minimum atomic E-state index is -1.05. The molecule has 32 heavy (non-hydrogen) atoms. The van der Waals surface area contributed by atoms with Crippen molar-refractivity contribution in [2.24, 2.45) is 5.16 Å². The van der Waals surface area contributed by atoms with Crippen LogP contribution in [0.3, 0.4) is 0 Å². The van der Waals surface area contributed by atoms with Crippen LogP contribution in [0.15, 0.2) is 63.5 Å². The van der Waals surface area contributed by atoms with Gasteiger partial charge in [-0.15, -0.1) is 0 Å². The van der Waals surface area contributed by atoms with Gasteiger partial charge >= 0.3 is 5.97 Å². The molecular formula is C23H26N2O6S. The monoisotopic (exact) mass is 458 g/mol. The first kappa shape index (κ1) is 25.3. The molecule has 1 amide bonds. The second kappa shape index (κ2) is 11.6. The number of Topliss-reactive ketones (excluding diaryl/α,β-unsaturated/α-hetero) is 1. The molecule has 0 aliphatic heterocycles. The summed E-state index contributed by atoms with van der Waals surface area (Å²) in [6.45, 7) is 3.74. The summed E-state index contributed by atoms with van der Waals surface area (Å²) in [6.07, 6.45) is 0.396. The lowest BCUT2D eigenvalue weighted by Crippen LogP contribution is -2.53. The fourth-order valence-corrected chi connectivity index (χ4v) is 3.44. The van der Waals surface area contributed by atoms with Crippen molar-refractivity contribution in [2.45, 2.75) is 42.5 Å². The number of oxime groups is 1. The molecule has 0 aliphatic rings. The Morgan fingerprint density at radius 3 is 1.88 bits per heavy atom. The van der Waals surface area contributed by atoms with Gasteiger partial charge in [0.25, 0.3) is 5.91 Å². The van der Waals surface area contributed by atoms with E-state index in [0.29, 0.717) is 17.5 Å². The summed E-state index contributed by atoms with van der Waals surface area (Å²) in [5.74, 6) is -1.31. The lowest BCUT2D eigenvalue weighted by Gasteiger charge is -2.29. The summed E-state index contributed by atoms with van der Waals surface area (Å²) in [5.41, 5.74) is -0.145. The molecule has 8 nitrogen and oxygen atoms in total. The van der Waals surface area contributed by atoms with Crippen LogP contribution in [0.25, 0.3) is 0 Å². The second-order valence-corrected chi connectivity index (χ2v) is 8.29. The zero-order valence-corrected chi connectivity index (χ0v) is 18.9. The number of nitrogens with one attached hydrogen (secondary N) is 1. The van der Waals surface area contributed by atoms with Gasteiger partial charge in [0.1, 0.15) is 5.71 Å². The molecule has 2 rings (SSSR count). The van der Waals surface area contributed by atoms with Gasteiger partial charge in [0.2, 0.25) is 5.78 Å². The van der Waals surface area contributed by atoms with Crippen LogP contribution in [0, 0.1) is 0 Å². The van der Waals surface area contributed by atoms with Crippen LogP contribution < -0.4 is 5.32 Å². The Labute approximate surface area is 190 Å². The molecule has 0 spiro atoms. The Morgan fingerprint density at radius 1 is 0.938 bits per heavy atom. The first-order valence-corrected chi connectivity index (χ1v) is 10.7. The number of nitrogens with zero attached hydrogens (tertiary/aromatic N) is 1. The summed E-state index contributed by atoms with van der Waals surface area (Å²) in [4.78, 5) is 41.8. The molecule has 0 atom stereocenters. The van der Waals surface area contributed by atoms with Crippen molar-refractivity contribution in [2.75, 3.05) is 13.2 Å². The van der Waals surface area contributed by atoms with E-state index in [2.05, 4.69) is 15.3 Å². The number of ketones is 1. The van der Waals surface area contributed by atoms with Gasteiger partial charge in [0.05, 0.1) is 18.8 Å². The van der Waals surface area contributed by atoms with Crippen LogP contribution in [0.2, 0.25) is 0 Å². The average molecular weight is 459 g/mol. The van der Waals surface area contributed by atoms with Gasteiger partial charge in [-0.25, -0.2) is 4.79 Å². The van der Waals surface area contributed by atoms with Gasteiger partial charge in [0, 0.05) is 27.8 Å². The summed E-state index contributed by atoms with van der Waals surface area (Å²) in [7, 11) is 0. The van der Waals surface area contributed by atoms with Crippen molar-refractivity contribution in [3.05, 3.63) is 59.7 Å². The molecule has 0 aromatic heterocycles. The second-order valence-electron chi connectivity index (χ2n) is 7.14. The third-order valence-corrected chi connectivity index (χ3v) is 5.78. The van der Waals surface area contributed by atoms with E-state index in [1.54, 1.807) is 55.5 Å². The maximum Gasteiger partial charge on any atom is 0.331 e. The molecule has 0 unspecified atom stereocenters. The highest BCUT2D eigenvalue weighted by atomic mass is 32.2. The minimum Gasteiger partial charge on any atom is -0.394 e. The van der Waals surface area contributed by atoms with Crippen LogP contribution in [-0.4, -0.2) is 52.3 Å². The number of carbonyl (C=O) groups excluding carboxylic acids is 3. The molecule has 0 saturated heterocycles. The van der Waals surface area contributed by atoms with Gasteiger partial charge in [0.15, 0.2) is 0 Å². The predicted octanol–water partition coefficient (Wildman–Crippen LogP) is 2.82. The molecule has 0 radical (unpaired) electrons. The highest BCUT2D eigenvalue weighted by molar-refractivity contribution is 7.99. The SMILES string of the molecule is CCC(CO)(CO)NC(=O)c1ccc(Sc2ccc(C(=O)C(C)=NOC(C)=O)cc2)cc1. The van der Waals surface area contributed by atoms with Gasteiger partial charge in [-0.05, 0) is 61.9 Å². The van der Waals surface area contributed by atoms with E-state index in [-0.39, 0.29) is 30.6 Å². The Kier molecular flexibility index (Phi) is 9.13. The van der Waals surface area contributed by atoms with Crippen LogP contribution in [0.4, 0.5) is 0 Å². The summed E-state index contributed by atoms with van der Waals surface area (Å²) >= 11 is 1.46. The molecule has 170 valence electrons. The third kappa shape index (κ3) is 6.74. The van der Waals surface area contributed by atoms with Gasteiger partial charge in [-0.2, -0.15) is 0 Å². The van der Waals surface area contributed by atoms with Crippen LogP contribution in [0.1, 0.15) is 47.9 Å². The molecule has 0 aliphatic carbocycles. The maximum atomic E-state index is 12.4. The molecule has 0 heterocycles. The molecule has 0 fully saturated rings. The number of benzene rings is 2. The van der Waals surface area contributed by atoms with Crippen molar-refractivity contribution >= 4 is 35.1 Å². The Bertz CT molecular complexity index is 974. The normalized spacial score (nSPS) is 11.7. The van der Waals surface area contributed by atoms with Gasteiger partial charge in [-0.3, -0.25) is 9.59 Å². The highest BCUT2D eigenvalue weighted by Gasteiger charge is 2.28. The lowest BCUT2D eigenvalue weighted by atomic mass is 9.98. The molecule has 2 aromatic carbocycles. The molecule has 9 heteroatoms. The van der Waals surface area contributed by atoms with Crippen molar-refractivity contribution in [3.63, 3.8) is 0 Å². The number of amides is 1. The van der Waals surface area contributed by atoms with Crippen molar-refractivity contribution in [3.8, 4) is 0 Å². The number of hydrogen-bond donors (Lipinski definition) is 3. The van der Waals surface area contributed by atoms with E-state index in [1.165, 1.54) is 25.6 Å². The molecule has 2 aromatic rings. The maximum absolute atomic E-state index is 12.4. The molecular weight excluding hydrogens is 432 g/mol. The quantitative estimate of drug-likeness (QED) is 0.216. The fraction of sp³-hybridized carbons (Fsp3) is 0.304. The minimum absolute atomic E-state index is 0.0731. The van der Waals surface area contributed by atoms with E-state index < -0.39 is 11.5 Å². The first-order valence-electron chi connectivity index (χ1n) is 9.92. The van der Waals surface area contributed by atoms with E-state index in [1.807, 2.05) is 0 Å². The van der Waals surface area contributed by atoms with E-state index in [0.717, 1.165) is 9.79 Å². The number of hydrogen-bond acceptors (Lipinski definition) is 8. The van der Waals surface area contributed by atoms with Crippen LogP contribution in [-0.2, 0) is 9.63 Å². The standard InChI is InChI=1S/C23H26N2O6S/c1-4-23(13-26,14-27)24-22(30)18-7-11-20(12-8-18)32-19-9-5-17(6-10-19)21(29)15(2)25-31-16(3)28/h5-12,26-27H,4,13-14H2,1-3H3,(H,24,30). The predicted molar refractivity (Wildman–Crippen MR) is 121 cm³/mol. The number of rotatable bonds is 10. The summed E-state index contributed by atoms with van der Waals surface area (Å²) < 4.78 is 0. The topological polar surface area (TPSA) is 125 Å². The van der Waals surface area contributed by atoms with E-state index in [4.69, 9.17) is 0 Å². The van der Waals surface area contributed by atoms with Crippen molar-refractivity contribution in [1.82, 2.24) is 5.32 Å². The highest BCUT2D eigenvalue weighted by Crippen LogP contribution is 2.28. The zero-order chi connectivity index (χ0) is 23.7. The van der Waals surface area contributed by atoms with Crippen LogP contribution >= 0.6 is 11.8 Å². The number of aliphatic hydroxyl groups excluding tert-OH is 2. The Balaban J connectivity index is 2.03. The van der Waals surface area contributed by atoms with Crippen LogP contribution in [0.5, 0.6) is 0 Å². The number of aliphatic hydroxyl groups is 2. The van der Waals surface area contributed by atoms with Gasteiger partial charge < -0.3 is 20.4 Å². The Hall–Kier alpha value is -3.01. The molecule has 3 N–H and O–H groups in total.